The first-order valence-electron chi connectivity index (χ1n) is 9.61. The van der Waals surface area contributed by atoms with Crippen LogP contribution in [0.25, 0.3) is 0 Å². The monoisotopic (exact) mass is 396 g/mol. The Balaban J connectivity index is 1.50. The second kappa shape index (κ2) is 7.67. The van der Waals surface area contributed by atoms with Gasteiger partial charge in [-0.3, -0.25) is 9.69 Å². The summed E-state index contributed by atoms with van der Waals surface area (Å²) in [4.78, 5) is 17.5. The second-order valence-corrected chi connectivity index (χ2v) is 8.78. The van der Waals surface area contributed by atoms with Gasteiger partial charge in [-0.1, -0.05) is 35.7 Å². The van der Waals surface area contributed by atoms with Crippen LogP contribution in [-0.2, 0) is 9.53 Å². The van der Waals surface area contributed by atoms with Crippen LogP contribution >= 0.6 is 23.2 Å². The number of nitrogens with zero attached hydrogens (tertiary/aromatic N) is 2. The van der Waals surface area contributed by atoms with Crippen LogP contribution in [0.4, 0.5) is 0 Å². The highest BCUT2D eigenvalue weighted by Gasteiger charge is 2.44. The summed E-state index contributed by atoms with van der Waals surface area (Å²) in [6.45, 7) is 4.95. The van der Waals surface area contributed by atoms with E-state index < -0.39 is 0 Å². The molecule has 0 N–H and O–H groups in total. The van der Waals surface area contributed by atoms with E-state index in [2.05, 4.69) is 9.80 Å². The zero-order valence-electron chi connectivity index (χ0n) is 15.1. The smallest absolute Gasteiger partial charge is 0.224 e. The predicted octanol–water partition coefficient (Wildman–Crippen LogP) is 4.16. The van der Waals surface area contributed by atoms with E-state index in [1.807, 2.05) is 18.2 Å². The third-order valence-electron chi connectivity index (χ3n) is 6.39. The minimum Gasteiger partial charge on any atom is -0.379 e. The molecule has 1 saturated carbocycles. The fourth-order valence-corrected chi connectivity index (χ4v) is 4.90. The molecule has 3 aliphatic rings. The summed E-state index contributed by atoms with van der Waals surface area (Å²) >= 11 is 12.3. The number of halogens is 2. The standard InChI is InChI=1S/C20H26Cl2N2O2/c21-16-3-2-15(12-17(16)22)18(23-8-10-26-11-9-23)13-19(25)24-7-6-20(14-24)4-1-5-20/h2-3,12,18H,1,4-11,13-14H2/t18-/m0/s1. The molecule has 2 saturated heterocycles. The molecular formula is C20H26Cl2N2O2. The van der Waals surface area contributed by atoms with Crippen molar-refractivity contribution in [2.75, 3.05) is 39.4 Å². The van der Waals surface area contributed by atoms with Gasteiger partial charge in [0.25, 0.3) is 0 Å². The van der Waals surface area contributed by atoms with Crippen molar-refractivity contribution >= 4 is 29.1 Å². The second-order valence-electron chi connectivity index (χ2n) is 7.96. The maximum Gasteiger partial charge on any atom is 0.224 e. The van der Waals surface area contributed by atoms with Crippen molar-refractivity contribution in [2.24, 2.45) is 5.41 Å². The average molecular weight is 397 g/mol. The summed E-state index contributed by atoms with van der Waals surface area (Å²) in [6.07, 6.45) is 5.57. The van der Waals surface area contributed by atoms with Crippen molar-refractivity contribution in [3.63, 3.8) is 0 Å². The lowest BCUT2D eigenvalue weighted by molar-refractivity contribution is -0.132. The van der Waals surface area contributed by atoms with Crippen molar-refractivity contribution in [1.29, 1.82) is 0 Å². The van der Waals surface area contributed by atoms with E-state index in [0.717, 1.165) is 31.7 Å². The summed E-state index contributed by atoms with van der Waals surface area (Å²) in [5.41, 5.74) is 1.50. The summed E-state index contributed by atoms with van der Waals surface area (Å²) in [7, 11) is 0. The number of benzene rings is 1. The Morgan fingerprint density at radius 3 is 2.50 bits per heavy atom. The van der Waals surface area contributed by atoms with Gasteiger partial charge < -0.3 is 9.64 Å². The maximum atomic E-state index is 13.1. The SMILES string of the molecule is O=C(C[C@@H](c1ccc(Cl)c(Cl)c1)N1CCOCC1)N1CCC2(CCC2)C1. The molecule has 1 amide bonds. The molecule has 1 atom stereocenters. The van der Waals surface area contributed by atoms with Crippen molar-refractivity contribution in [3.8, 4) is 0 Å². The van der Waals surface area contributed by atoms with Crippen molar-refractivity contribution in [1.82, 2.24) is 9.80 Å². The molecule has 0 radical (unpaired) electrons. The zero-order valence-corrected chi connectivity index (χ0v) is 16.6. The lowest BCUT2D eigenvalue weighted by Crippen LogP contribution is -2.42. The molecule has 142 valence electrons. The van der Waals surface area contributed by atoms with Crippen LogP contribution in [0.15, 0.2) is 18.2 Å². The predicted molar refractivity (Wildman–Crippen MR) is 104 cm³/mol. The van der Waals surface area contributed by atoms with Gasteiger partial charge in [-0.15, -0.1) is 0 Å². The number of hydrogen-bond acceptors (Lipinski definition) is 3. The molecule has 0 aromatic heterocycles. The Hall–Kier alpha value is -0.810. The van der Waals surface area contributed by atoms with Gasteiger partial charge in [0.1, 0.15) is 0 Å². The van der Waals surface area contributed by atoms with Crippen molar-refractivity contribution in [3.05, 3.63) is 33.8 Å². The number of likely N-dealkylation sites (tertiary alicyclic amines) is 1. The Bertz CT molecular complexity index is 672. The highest BCUT2D eigenvalue weighted by molar-refractivity contribution is 6.42. The lowest BCUT2D eigenvalue weighted by atomic mass is 9.68. The molecule has 3 fully saturated rings. The number of hydrogen-bond donors (Lipinski definition) is 0. The average Bonchev–Trinajstić information content (AvgIpc) is 3.09. The normalized spacial score (nSPS) is 23.8. The number of ether oxygens (including phenoxy) is 1. The van der Waals surface area contributed by atoms with Gasteiger partial charge in [-0.05, 0) is 42.4 Å². The highest BCUT2D eigenvalue weighted by Crippen LogP contribution is 2.48. The maximum absolute atomic E-state index is 13.1. The van der Waals surface area contributed by atoms with Gasteiger partial charge >= 0.3 is 0 Å². The van der Waals surface area contributed by atoms with Gasteiger partial charge in [-0.2, -0.15) is 0 Å². The van der Waals surface area contributed by atoms with Crippen molar-refractivity contribution < 1.29 is 9.53 Å². The first-order chi connectivity index (χ1) is 12.6. The van der Waals surface area contributed by atoms with E-state index in [-0.39, 0.29) is 11.9 Å². The Morgan fingerprint density at radius 1 is 1.12 bits per heavy atom. The Kier molecular flexibility index (Phi) is 5.47. The molecule has 2 heterocycles. The van der Waals surface area contributed by atoms with Crippen LogP contribution in [-0.4, -0.2) is 55.1 Å². The summed E-state index contributed by atoms with van der Waals surface area (Å²) < 4.78 is 5.50. The number of carbonyl (C=O) groups is 1. The van der Waals surface area contributed by atoms with Gasteiger partial charge in [0.2, 0.25) is 5.91 Å². The summed E-state index contributed by atoms with van der Waals surface area (Å²) in [5.74, 6) is 0.260. The molecule has 4 rings (SSSR count). The quantitative estimate of drug-likeness (QED) is 0.765. The van der Waals surface area contributed by atoms with E-state index in [4.69, 9.17) is 27.9 Å². The van der Waals surface area contributed by atoms with E-state index in [0.29, 0.717) is 35.1 Å². The molecule has 1 aliphatic carbocycles. The lowest BCUT2D eigenvalue weighted by Gasteiger charge is -2.38. The number of carbonyl (C=O) groups excluding carboxylic acids is 1. The Labute approximate surface area is 165 Å². The van der Waals surface area contributed by atoms with Crippen LogP contribution < -0.4 is 0 Å². The molecular weight excluding hydrogens is 371 g/mol. The third kappa shape index (κ3) is 3.75. The van der Waals surface area contributed by atoms with Crippen LogP contribution in [0.1, 0.15) is 43.7 Å². The van der Waals surface area contributed by atoms with Crippen molar-refractivity contribution in [2.45, 2.75) is 38.1 Å². The topological polar surface area (TPSA) is 32.8 Å². The van der Waals surface area contributed by atoms with Crippen LogP contribution in [0.3, 0.4) is 0 Å². The summed E-state index contributed by atoms with van der Waals surface area (Å²) in [5, 5.41) is 1.10. The number of rotatable bonds is 4. The van der Waals surface area contributed by atoms with E-state index >= 15 is 0 Å². The van der Waals surface area contributed by atoms with Crippen LogP contribution in [0.2, 0.25) is 10.0 Å². The third-order valence-corrected chi connectivity index (χ3v) is 7.13. The molecule has 4 nitrogen and oxygen atoms in total. The van der Waals surface area contributed by atoms with Gasteiger partial charge in [-0.25, -0.2) is 0 Å². The molecule has 26 heavy (non-hydrogen) atoms. The molecule has 1 aromatic rings. The fourth-order valence-electron chi connectivity index (χ4n) is 4.59. The number of amides is 1. The minimum atomic E-state index is 0.0270. The molecule has 0 bridgehead atoms. The first kappa shape index (κ1) is 18.5. The van der Waals surface area contributed by atoms with E-state index in [1.54, 1.807) is 0 Å². The fraction of sp³-hybridized carbons (Fsp3) is 0.650. The van der Waals surface area contributed by atoms with Crippen LogP contribution in [0, 0.1) is 5.41 Å². The largest absolute Gasteiger partial charge is 0.379 e. The van der Waals surface area contributed by atoms with E-state index in [9.17, 15) is 4.79 Å². The Morgan fingerprint density at radius 2 is 1.88 bits per heavy atom. The number of morpholine rings is 1. The van der Waals surface area contributed by atoms with Crippen LogP contribution in [0.5, 0.6) is 0 Å². The molecule has 6 heteroatoms. The van der Waals surface area contributed by atoms with Gasteiger partial charge in [0.05, 0.1) is 23.3 Å². The molecule has 1 spiro atoms. The molecule has 0 unspecified atom stereocenters. The highest BCUT2D eigenvalue weighted by atomic mass is 35.5. The summed E-state index contributed by atoms with van der Waals surface area (Å²) in [6, 6.07) is 5.77. The minimum absolute atomic E-state index is 0.0270. The van der Waals surface area contributed by atoms with Gasteiger partial charge in [0.15, 0.2) is 0 Å². The molecule has 2 aliphatic heterocycles. The van der Waals surface area contributed by atoms with E-state index in [1.165, 1.54) is 25.7 Å². The molecule has 1 aromatic carbocycles. The zero-order chi connectivity index (χ0) is 18.1. The first-order valence-corrected chi connectivity index (χ1v) is 10.4. The van der Waals surface area contributed by atoms with Gasteiger partial charge in [0, 0.05) is 38.6 Å².